The van der Waals surface area contributed by atoms with Crippen LogP contribution in [0.5, 0.6) is 11.5 Å². The van der Waals surface area contributed by atoms with Gasteiger partial charge in [-0.15, -0.1) is 0 Å². The molecular formula is C31H48N2O5. The molecular weight excluding hydrogens is 480 g/mol. The van der Waals surface area contributed by atoms with Crippen molar-refractivity contribution in [3.05, 3.63) is 29.5 Å². The molecule has 0 spiro atoms. The Morgan fingerprint density at radius 3 is 2.16 bits per heavy atom. The predicted molar refractivity (Wildman–Crippen MR) is 151 cm³/mol. The van der Waals surface area contributed by atoms with Crippen LogP contribution in [0.2, 0.25) is 0 Å². The largest absolute Gasteiger partial charge is 0.486 e. The number of ether oxygens (including phenoxy) is 3. The van der Waals surface area contributed by atoms with Gasteiger partial charge < -0.3 is 19.5 Å². The summed E-state index contributed by atoms with van der Waals surface area (Å²) < 4.78 is 17.6. The summed E-state index contributed by atoms with van der Waals surface area (Å²) in [5.41, 5.74) is 1.37. The zero-order valence-electron chi connectivity index (χ0n) is 23.7. The van der Waals surface area contributed by atoms with Crippen LogP contribution in [0.3, 0.4) is 0 Å². The second-order valence-electron chi connectivity index (χ2n) is 10.5. The highest BCUT2D eigenvalue weighted by Crippen LogP contribution is 2.34. The van der Waals surface area contributed by atoms with Gasteiger partial charge in [-0.25, -0.2) is 0 Å². The molecule has 0 atom stereocenters. The molecule has 0 unspecified atom stereocenters. The van der Waals surface area contributed by atoms with Crippen LogP contribution in [0.1, 0.15) is 109 Å². The van der Waals surface area contributed by atoms with Gasteiger partial charge in [-0.1, -0.05) is 65.2 Å². The highest BCUT2D eigenvalue weighted by atomic mass is 16.6. The maximum absolute atomic E-state index is 13.0. The average Bonchev–Trinajstić information content (AvgIpc) is 3.44. The predicted octanol–water partition coefficient (Wildman–Crippen LogP) is 6.60. The molecule has 0 aliphatic carbocycles. The van der Waals surface area contributed by atoms with E-state index in [2.05, 4.69) is 24.1 Å². The van der Waals surface area contributed by atoms with Crippen molar-refractivity contribution in [1.82, 2.24) is 10.2 Å². The van der Waals surface area contributed by atoms with E-state index in [1.165, 1.54) is 25.7 Å². The minimum Gasteiger partial charge on any atom is -0.486 e. The molecule has 0 radical (unpaired) electrons. The van der Waals surface area contributed by atoms with Gasteiger partial charge >= 0.3 is 5.97 Å². The van der Waals surface area contributed by atoms with Crippen LogP contribution in [0.15, 0.2) is 23.9 Å². The van der Waals surface area contributed by atoms with Crippen molar-refractivity contribution in [1.29, 1.82) is 0 Å². The van der Waals surface area contributed by atoms with Crippen molar-refractivity contribution >= 4 is 17.6 Å². The van der Waals surface area contributed by atoms with Gasteiger partial charge in [0.2, 0.25) is 5.91 Å². The molecule has 1 saturated heterocycles. The molecule has 7 heteroatoms. The molecule has 0 saturated carbocycles. The molecule has 1 N–H and O–H groups in total. The van der Waals surface area contributed by atoms with E-state index < -0.39 is 0 Å². The van der Waals surface area contributed by atoms with E-state index in [4.69, 9.17) is 14.2 Å². The van der Waals surface area contributed by atoms with Crippen molar-refractivity contribution < 1.29 is 23.8 Å². The summed E-state index contributed by atoms with van der Waals surface area (Å²) in [6, 6.07) is 5.60. The first-order chi connectivity index (χ1) is 18.6. The van der Waals surface area contributed by atoms with E-state index >= 15 is 0 Å². The molecule has 2 heterocycles. The van der Waals surface area contributed by atoms with Crippen LogP contribution >= 0.6 is 0 Å². The Morgan fingerprint density at radius 2 is 1.47 bits per heavy atom. The molecule has 0 bridgehead atoms. The van der Waals surface area contributed by atoms with Gasteiger partial charge in [0.05, 0.1) is 5.70 Å². The SMILES string of the molecule is CCCCCCCC(=O)N/C(CN1CCCC1)=C(/OC(=O)CCCCCCC)c1ccc2c(c1)OCCO2. The number of carbonyl (C=O) groups excluding carboxylic acids is 2. The highest BCUT2D eigenvalue weighted by Gasteiger charge is 2.23. The summed E-state index contributed by atoms with van der Waals surface area (Å²) in [5, 5.41) is 3.15. The van der Waals surface area contributed by atoms with Crippen LogP contribution in [0.4, 0.5) is 0 Å². The topological polar surface area (TPSA) is 77.1 Å². The van der Waals surface area contributed by atoms with Crippen LogP contribution < -0.4 is 14.8 Å². The van der Waals surface area contributed by atoms with Crippen molar-refractivity contribution in [3.63, 3.8) is 0 Å². The number of likely N-dealkylation sites (tertiary alicyclic amines) is 1. The first-order valence-corrected chi connectivity index (χ1v) is 15.0. The fraction of sp³-hybridized carbons (Fsp3) is 0.677. The van der Waals surface area contributed by atoms with Crippen molar-refractivity contribution in [3.8, 4) is 11.5 Å². The fourth-order valence-electron chi connectivity index (χ4n) is 4.97. The van der Waals surface area contributed by atoms with E-state index in [9.17, 15) is 9.59 Å². The molecule has 38 heavy (non-hydrogen) atoms. The molecule has 7 nitrogen and oxygen atoms in total. The van der Waals surface area contributed by atoms with Gasteiger partial charge in [0.25, 0.3) is 0 Å². The number of unbranched alkanes of at least 4 members (excludes halogenated alkanes) is 8. The maximum atomic E-state index is 13.0. The number of fused-ring (bicyclic) bond motifs is 1. The molecule has 2 aliphatic heterocycles. The third kappa shape index (κ3) is 10.3. The summed E-state index contributed by atoms with van der Waals surface area (Å²) in [4.78, 5) is 28.4. The molecule has 1 aromatic rings. The normalized spacial score (nSPS) is 15.7. The third-order valence-electron chi connectivity index (χ3n) is 7.16. The van der Waals surface area contributed by atoms with Gasteiger partial charge in [-0.05, 0) is 57.0 Å². The fourth-order valence-corrected chi connectivity index (χ4v) is 4.97. The van der Waals surface area contributed by atoms with Gasteiger partial charge in [-0.3, -0.25) is 14.5 Å². The number of carbonyl (C=O) groups is 2. The number of hydrogen-bond acceptors (Lipinski definition) is 6. The molecule has 3 rings (SSSR count). The first-order valence-electron chi connectivity index (χ1n) is 15.0. The Labute approximate surface area is 229 Å². The Bertz CT molecular complexity index is 908. The van der Waals surface area contributed by atoms with Gasteiger partial charge in [0, 0.05) is 24.9 Å². The lowest BCUT2D eigenvalue weighted by molar-refractivity contribution is -0.137. The second-order valence-corrected chi connectivity index (χ2v) is 10.5. The molecule has 212 valence electrons. The highest BCUT2D eigenvalue weighted by molar-refractivity contribution is 5.84. The average molecular weight is 529 g/mol. The van der Waals surface area contributed by atoms with Crippen molar-refractivity contribution in [2.75, 3.05) is 32.8 Å². The Morgan fingerprint density at radius 1 is 0.842 bits per heavy atom. The minimum atomic E-state index is -0.265. The summed E-state index contributed by atoms with van der Waals surface area (Å²) >= 11 is 0. The summed E-state index contributed by atoms with van der Waals surface area (Å²) in [7, 11) is 0. The summed E-state index contributed by atoms with van der Waals surface area (Å²) in [6.45, 7) is 7.83. The lowest BCUT2D eigenvalue weighted by Gasteiger charge is -2.23. The van der Waals surface area contributed by atoms with Gasteiger partial charge in [0.15, 0.2) is 17.3 Å². The van der Waals surface area contributed by atoms with E-state index in [0.29, 0.717) is 61.1 Å². The standard InChI is InChI=1S/C31H48N2O5/c1-3-5-7-9-11-15-29(34)32-26(24-33-19-13-14-20-33)31(38-30(35)16-12-10-8-6-4-2)25-17-18-27-28(23-25)37-22-21-36-27/h17-18,23H,3-16,19-22,24H2,1-2H3,(H,32,34)/b31-26+. The lowest BCUT2D eigenvalue weighted by Crippen LogP contribution is -2.33. The smallest absolute Gasteiger partial charge is 0.311 e. The van der Waals surface area contributed by atoms with E-state index in [0.717, 1.165) is 64.5 Å². The quantitative estimate of drug-likeness (QED) is 0.139. The molecule has 2 aliphatic rings. The number of esters is 1. The van der Waals surface area contributed by atoms with E-state index in [-0.39, 0.29) is 11.9 Å². The lowest BCUT2D eigenvalue weighted by atomic mass is 10.1. The molecule has 1 fully saturated rings. The van der Waals surface area contributed by atoms with Crippen LogP contribution in [-0.2, 0) is 14.3 Å². The Kier molecular flexibility index (Phi) is 13.5. The molecule has 0 aromatic heterocycles. The number of amides is 1. The Balaban J connectivity index is 1.82. The Hall–Kier alpha value is -2.54. The van der Waals surface area contributed by atoms with E-state index in [1.807, 2.05) is 18.2 Å². The number of hydrogen-bond donors (Lipinski definition) is 1. The number of nitrogens with zero attached hydrogens (tertiary/aromatic N) is 1. The van der Waals surface area contributed by atoms with Crippen molar-refractivity contribution in [2.24, 2.45) is 0 Å². The van der Waals surface area contributed by atoms with Crippen molar-refractivity contribution in [2.45, 2.75) is 104 Å². The zero-order valence-corrected chi connectivity index (χ0v) is 23.7. The van der Waals surface area contributed by atoms with Gasteiger partial charge in [-0.2, -0.15) is 0 Å². The number of rotatable bonds is 17. The maximum Gasteiger partial charge on any atom is 0.311 e. The van der Waals surface area contributed by atoms with Crippen LogP contribution in [-0.4, -0.2) is 49.6 Å². The first kappa shape index (κ1) is 30.0. The monoisotopic (exact) mass is 528 g/mol. The molecule has 1 amide bonds. The summed E-state index contributed by atoms with van der Waals surface area (Å²) in [6.07, 6.45) is 13.8. The number of nitrogens with one attached hydrogen (secondary N) is 1. The van der Waals surface area contributed by atoms with E-state index in [1.54, 1.807) is 0 Å². The third-order valence-corrected chi connectivity index (χ3v) is 7.16. The summed E-state index contributed by atoms with van der Waals surface area (Å²) in [5.74, 6) is 1.44. The minimum absolute atomic E-state index is 0.0265. The number of benzene rings is 1. The molecule has 1 aromatic carbocycles. The zero-order chi connectivity index (χ0) is 27.0. The van der Waals surface area contributed by atoms with Gasteiger partial charge in [0.1, 0.15) is 13.2 Å². The van der Waals surface area contributed by atoms with Crippen LogP contribution in [0.25, 0.3) is 5.76 Å². The van der Waals surface area contributed by atoms with Crippen LogP contribution in [0, 0.1) is 0 Å². The second kappa shape index (κ2) is 17.1.